The molecule has 126 valence electrons. The molecular formula is C18H15N3O3S. The molecule has 0 fully saturated rings. The van der Waals surface area contributed by atoms with E-state index >= 15 is 0 Å². The first-order valence-electron chi connectivity index (χ1n) is 7.43. The van der Waals surface area contributed by atoms with Gasteiger partial charge < -0.3 is 5.32 Å². The van der Waals surface area contributed by atoms with Crippen molar-refractivity contribution in [2.75, 3.05) is 11.1 Å². The molecule has 0 bridgehead atoms. The predicted molar refractivity (Wildman–Crippen MR) is 98.2 cm³/mol. The number of nitrogens with one attached hydrogen (secondary N) is 1. The lowest BCUT2D eigenvalue weighted by molar-refractivity contribution is -0.385. The van der Waals surface area contributed by atoms with Gasteiger partial charge >= 0.3 is 0 Å². The van der Waals surface area contributed by atoms with Crippen LogP contribution in [0, 0.1) is 21.4 Å². The Kier molecular flexibility index (Phi) is 6.75. The number of nitrogens with zero attached hydrogens (tertiary/aromatic N) is 2. The zero-order valence-corrected chi connectivity index (χ0v) is 14.0. The van der Waals surface area contributed by atoms with Crippen LogP contribution in [0.2, 0.25) is 0 Å². The molecule has 0 aromatic heterocycles. The van der Waals surface area contributed by atoms with E-state index in [1.807, 2.05) is 12.1 Å². The highest BCUT2D eigenvalue weighted by Crippen LogP contribution is 2.27. The van der Waals surface area contributed by atoms with Crippen LogP contribution in [0.15, 0.2) is 59.5 Å². The van der Waals surface area contributed by atoms with Crippen molar-refractivity contribution in [1.82, 2.24) is 0 Å². The van der Waals surface area contributed by atoms with Crippen LogP contribution in [0.25, 0.3) is 6.08 Å². The van der Waals surface area contributed by atoms with Gasteiger partial charge in [0.05, 0.1) is 22.2 Å². The zero-order valence-electron chi connectivity index (χ0n) is 13.2. The summed E-state index contributed by atoms with van der Waals surface area (Å²) in [7, 11) is 0. The van der Waals surface area contributed by atoms with Crippen LogP contribution in [0.4, 0.5) is 11.4 Å². The van der Waals surface area contributed by atoms with Gasteiger partial charge in [-0.15, -0.1) is 11.8 Å². The number of anilines is 1. The van der Waals surface area contributed by atoms with Gasteiger partial charge in [-0.1, -0.05) is 24.3 Å². The Bertz CT molecular complexity index is 843. The number of nitro groups is 1. The second-order valence-corrected chi connectivity index (χ2v) is 6.03. The molecule has 2 aromatic rings. The number of benzene rings is 2. The molecule has 0 heterocycles. The lowest BCUT2D eigenvalue weighted by atomic mass is 10.1. The SMILES string of the molecule is N#CCCSc1ccccc1NC(=O)/C=C/c1ccccc1[N+](=O)[O-]. The van der Waals surface area contributed by atoms with Crippen molar-refractivity contribution in [2.45, 2.75) is 11.3 Å². The maximum absolute atomic E-state index is 12.1. The minimum Gasteiger partial charge on any atom is -0.321 e. The molecule has 0 atom stereocenters. The van der Waals surface area contributed by atoms with Crippen molar-refractivity contribution in [2.24, 2.45) is 0 Å². The number of amides is 1. The number of nitriles is 1. The minimum absolute atomic E-state index is 0.0565. The molecule has 0 aliphatic rings. The fourth-order valence-electron chi connectivity index (χ4n) is 2.04. The van der Waals surface area contributed by atoms with Crippen molar-refractivity contribution >= 4 is 35.1 Å². The van der Waals surface area contributed by atoms with Crippen molar-refractivity contribution in [3.8, 4) is 6.07 Å². The van der Waals surface area contributed by atoms with Gasteiger partial charge in [0, 0.05) is 29.2 Å². The lowest BCUT2D eigenvalue weighted by Crippen LogP contribution is -2.08. The number of carbonyl (C=O) groups excluding carboxylic acids is 1. The molecule has 25 heavy (non-hydrogen) atoms. The number of hydrogen-bond acceptors (Lipinski definition) is 5. The molecule has 2 aromatic carbocycles. The Morgan fingerprint density at radius 3 is 2.72 bits per heavy atom. The number of carbonyl (C=O) groups is 1. The molecule has 7 heteroatoms. The number of para-hydroxylation sites is 2. The smallest absolute Gasteiger partial charge is 0.276 e. The normalized spacial score (nSPS) is 10.4. The minimum atomic E-state index is -0.487. The van der Waals surface area contributed by atoms with Gasteiger partial charge in [0.25, 0.3) is 5.69 Å². The number of rotatable bonds is 7. The molecular weight excluding hydrogens is 338 g/mol. The molecule has 0 aliphatic carbocycles. The summed E-state index contributed by atoms with van der Waals surface area (Å²) in [4.78, 5) is 23.5. The summed E-state index contributed by atoms with van der Waals surface area (Å²) in [6.07, 6.45) is 3.10. The second-order valence-electron chi connectivity index (χ2n) is 4.89. The molecule has 2 rings (SSSR count). The highest BCUT2D eigenvalue weighted by Gasteiger charge is 2.10. The monoisotopic (exact) mass is 353 g/mol. The van der Waals surface area contributed by atoms with Gasteiger partial charge in [0.2, 0.25) is 5.91 Å². The largest absolute Gasteiger partial charge is 0.321 e. The fraction of sp³-hybridized carbons (Fsp3) is 0.111. The van der Waals surface area contributed by atoms with E-state index in [9.17, 15) is 14.9 Å². The second kappa shape index (κ2) is 9.25. The maximum Gasteiger partial charge on any atom is 0.276 e. The Labute approximate surface area is 149 Å². The first kappa shape index (κ1) is 18.2. The van der Waals surface area contributed by atoms with Crippen LogP contribution in [-0.4, -0.2) is 16.6 Å². The van der Waals surface area contributed by atoms with Gasteiger partial charge in [0.1, 0.15) is 0 Å². The highest BCUT2D eigenvalue weighted by molar-refractivity contribution is 7.99. The lowest BCUT2D eigenvalue weighted by Gasteiger charge is -2.08. The molecule has 0 saturated heterocycles. The predicted octanol–water partition coefficient (Wildman–Crippen LogP) is 4.25. The number of thioether (sulfide) groups is 1. The highest BCUT2D eigenvalue weighted by atomic mass is 32.2. The number of hydrogen-bond donors (Lipinski definition) is 1. The summed E-state index contributed by atoms with van der Waals surface area (Å²) in [5, 5.41) is 22.3. The molecule has 0 aliphatic heterocycles. The van der Waals surface area contributed by atoms with Crippen molar-refractivity contribution in [3.05, 3.63) is 70.3 Å². The van der Waals surface area contributed by atoms with E-state index in [1.54, 1.807) is 30.3 Å². The van der Waals surface area contributed by atoms with E-state index in [2.05, 4.69) is 11.4 Å². The van der Waals surface area contributed by atoms with Crippen molar-refractivity contribution in [3.63, 3.8) is 0 Å². The van der Waals surface area contributed by atoms with Crippen LogP contribution < -0.4 is 5.32 Å². The Morgan fingerprint density at radius 2 is 1.96 bits per heavy atom. The third-order valence-electron chi connectivity index (χ3n) is 3.16. The Morgan fingerprint density at radius 1 is 1.24 bits per heavy atom. The Hall–Kier alpha value is -3.11. The van der Waals surface area contributed by atoms with Crippen LogP contribution >= 0.6 is 11.8 Å². The van der Waals surface area contributed by atoms with Crippen LogP contribution in [-0.2, 0) is 4.79 Å². The topological polar surface area (TPSA) is 96.0 Å². The maximum atomic E-state index is 12.1. The summed E-state index contributed by atoms with van der Waals surface area (Å²) in [6.45, 7) is 0. The first-order chi connectivity index (χ1) is 12.1. The molecule has 0 radical (unpaired) electrons. The number of nitro benzene ring substituents is 1. The summed E-state index contributed by atoms with van der Waals surface area (Å²) in [5.41, 5.74) is 0.945. The fourth-order valence-corrected chi connectivity index (χ4v) is 2.90. The molecule has 6 nitrogen and oxygen atoms in total. The van der Waals surface area contributed by atoms with E-state index in [0.29, 0.717) is 23.4 Å². The summed E-state index contributed by atoms with van der Waals surface area (Å²) >= 11 is 1.48. The molecule has 1 amide bonds. The van der Waals surface area contributed by atoms with E-state index in [-0.39, 0.29) is 11.6 Å². The summed E-state index contributed by atoms with van der Waals surface area (Å²) < 4.78 is 0. The molecule has 0 unspecified atom stereocenters. The third-order valence-corrected chi connectivity index (χ3v) is 4.24. The molecule has 1 N–H and O–H groups in total. The zero-order chi connectivity index (χ0) is 18.1. The summed E-state index contributed by atoms with van der Waals surface area (Å²) in [6, 6.07) is 15.6. The molecule has 0 spiro atoms. The van der Waals surface area contributed by atoms with Gasteiger partial charge in [0.15, 0.2) is 0 Å². The van der Waals surface area contributed by atoms with Crippen molar-refractivity contribution < 1.29 is 9.72 Å². The first-order valence-corrected chi connectivity index (χ1v) is 8.41. The van der Waals surface area contributed by atoms with Gasteiger partial charge in [-0.05, 0) is 24.3 Å². The average molecular weight is 353 g/mol. The van der Waals surface area contributed by atoms with Crippen molar-refractivity contribution in [1.29, 1.82) is 5.26 Å². The Balaban J connectivity index is 2.08. The average Bonchev–Trinajstić information content (AvgIpc) is 2.62. The van der Waals surface area contributed by atoms with E-state index in [0.717, 1.165) is 4.90 Å². The van der Waals surface area contributed by atoms with Gasteiger partial charge in [-0.2, -0.15) is 5.26 Å². The molecule has 0 saturated carbocycles. The summed E-state index contributed by atoms with van der Waals surface area (Å²) in [5.74, 6) is 0.251. The van der Waals surface area contributed by atoms with E-state index in [4.69, 9.17) is 5.26 Å². The quantitative estimate of drug-likeness (QED) is 0.264. The van der Waals surface area contributed by atoms with E-state index in [1.165, 1.54) is 30.0 Å². The third kappa shape index (κ3) is 5.48. The van der Waals surface area contributed by atoms with Gasteiger partial charge in [-0.25, -0.2) is 0 Å². The van der Waals surface area contributed by atoms with Crippen LogP contribution in [0.5, 0.6) is 0 Å². The standard InChI is InChI=1S/C18H15N3O3S/c19-12-5-13-25-17-9-4-2-7-15(17)20-18(22)11-10-14-6-1-3-8-16(14)21(23)24/h1-4,6-11H,5,13H2,(H,20,22)/b11-10+. The van der Waals surface area contributed by atoms with Crippen LogP contribution in [0.3, 0.4) is 0 Å². The van der Waals surface area contributed by atoms with Gasteiger partial charge in [-0.3, -0.25) is 14.9 Å². The van der Waals surface area contributed by atoms with E-state index < -0.39 is 4.92 Å². The van der Waals surface area contributed by atoms with Crippen LogP contribution in [0.1, 0.15) is 12.0 Å².